The molecule has 0 atom stereocenters. The van der Waals surface area contributed by atoms with Gasteiger partial charge >= 0.3 is 0 Å². The van der Waals surface area contributed by atoms with E-state index in [1.165, 1.54) is 17.6 Å². The number of methoxy groups -OCH3 is 1. The molecule has 2 aromatic carbocycles. The van der Waals surface area contributed by atoms with Crippen molar-refractivity contribution in [2.45, 2.75) is 4.90 Å². The molecule has 1 aliphatic heterocycles. The summed E-state index contributed by atoms with van der Waals surface area (Å²) in [5.41, 5.74) is 9.13. The van der Waals surface area contributed by atoms with E-state index in [0.717, 1.165) is 11.0 Å². The Morgan fingerprint density at radius 1 is 1.12 bits per heavy atom. The molecular formula is C22H22N6O4S. The van der Waals surface area contributed by atoms with Crippen LogP contribution < -0.4 is 10.5 Å². The fraction of sp³-hybridized carbons (Fsp3) is 0.227. The molecule has 0 unspecified atom stereocenters. The van der Waals surface area contributed by atoms with Gasteiger partial charge in [-0.2, -0.15) is 4.31 Å². The minimum Gasteiger partial charge on any atom is -0.495 e. The first-order chi connectivity index (χ1) is 16.0. The first-order valence-electron chi connectivity index (χ1n) is 10.3. The van der Waals surface area contributed by atoms with Crippen LogP contribution in [0.4, 0.5) is 5.82 Å². The number of fused-ring (bicyclic) bond motifs is 1. The highest BCUT2D eigenvalue weighted by molar-refractivity contribution is 7.89. The third-order valence-electron chi connectivity index (χ3n) is 5.46. The summed E-state index contributed by atoms with van der Waals surface area (Å²) in [7, 11) is -2.35. The number of nitrogen functional groups attached to an aromatic ring is 1. The predicted molar refractivity (Wildman–Crippen MR) is 123 cm³/mol. The van der Waals surface area contributed by atoms with E-state index in [0.29, 0.717) is 36.0 Å². The van der Waals surface area contributed by atoms with Gasteiger partial charge in [0.05, 0.1) is 43.2 Å². The van der Waals surface area contributed by atoms with Crippen LogP contribution >= 0.6 is 0 Å². The zero-order valence-electron chi connectivity index (χ0n) is 17.9. The number of morpholine rings is 1. The van der Waals surface area contributed by atoms with Crippen LogP contribution in [0.5, 0.6) is 5.75 Å². The fourth-order valence-electron chi connectivity index (χ4n) is 3.74. The Balaban J connectivity index is 1.58. The van der Waals surface area contributed by atoms with Crippen molar-refractivity contribution in [3.63, 3.8) is 0 Å². The number of nitrogens with one attached hydrogen (secondary N) is 1. The summed E-state index contributed by atoms with van der Waals surface area (Å²) in [6.45, 7) is 1.28. The third-order valence-corrected chi connectivity index (χ3v) is 7.38. The van der Waals surface area contributed by atoms with Gasteiger partial charge in [0, 0.05) is 18.7 Å². The summed E-state index contributed by atoms with van der Waals surface area (Å²) in [4.78, 5) is 16.7. The number of aromatic nitrogens is 4. The van der Waals surface area contributed by atoms with E-state index in [4.69, 9.17) is 15.2 Å². The molecule has 1 fully saturated rings. The van der Waals surface area contributed by atoms with Crippen LogP contribution in [-0.2, 0) is 14.8 Å². The highest BCUT2D eigenvalue weighted by atomic mass is 32.2. The number of anilines is 1. The van der Waals surface area contributed by atoms with E-state index >= 15 is 0 Å². The SMILES string of the molecule is COc1ccc(-c2cnc(N)c(-c3nc4ccccc4[nH]3)n2)cc1S(=O)(=O)N1CCOCC1. The lowest BCUT2D eigenvalue weighted by Gasteiger charge is -2.26. The normalized spacial score (nSPS) is 15.1. The minimum absolute atomic E-state index is 0.0633. The van der Waals surface area contributed by atoms with Gasteiger partial charge in [0.15, 0.2) is 11.6 Å². The van der Waals surface area contributed by atoms with Gasteiger partial charge in [0.1, 0.15) is 16.3 Å². The maximum atomic E-state index is 13.3. The standard InChI is InChI=1S/C22H22N6O4S/c1-31-18-7-6-14(12-19(18)33(29,30)28-8-10-32-11-9-28)17-13-24-21(23)20(25-17)22-26-15-4-2-3-5-16(15)27-22/h2-7,12-13H,8-11H2,1H3,(H2,23,24)(H,26,27). The minimum atomic E-state index is -3.79. The zero-order chi connectivity index (χ0) is 23.0. The molecular weight excluding hydrogens is 444 g/mol. The molecule has 10 nitrogen and oxygen atoms in total. The number of para-hydroxylation sites is 2. The van der Waals surface area contributed by atoms with Gasteiger partial charge in [-0.1, -0.05) is 12.1 Å². The molecule has 2 aromatic heterocycles. The van der Waals surface area contributed by atoms with Crippen LogP contribution in [0.25, 0.3) is 33.8 Å². The molecule has 0 amide bonds. The van der Waals surface area contributed by atoms with Crippen LogP contribution in [0.2, 0.25) is 0 Å². The number of rotatable bonds is 5. The number of H-pyrrole nitrogens is 1. The Labute approximate surface area is 190 Å². The second-order valence-corrected chi connectivity index (χ2v) is 9.38. The number of sulfonamides is 1. The molecule has 4 aromatic rings. The summed E-state index contributed by atoms with van der Waals surface area (Å²) in [5, 5.41) is 0. The van der Waals surface area contributed by atoms with Crippen LogP contribution in [0.1, 0.15) is 0 Å². The van der Waals surface area contributed by atoms with Gasteiger partial charge in [-0.25, -0.2) is 23.4 Å². The van der Waals surface area contributed by atoms with Gasteiger partial charge in [-0.3, -0.25) is 0 Å². The molecule has 0 saturated carbocycles. The Bertz CT molecular complexity index is 1400. The lowest BCUT2D eigenvalue weighted by Crippen LogP contribution is -2.40. The van der Waals surface area contributed by atoms with Crippen molar-refractivity contribution in [2.75, 3.05) is 39.1 Å². The first kappa shape index (κ1) is 21.3. The largest absolute Gasteiger partial charge is 0.495 e. The highest BCUT2D eigenvalue weighted by Crippen LogP contribution is 2.33. The number of ether oxygens (including phenoxy) is 2. The number of hydrogen-bond donors (Lipinski definition) is 2. The summed E-state index contributed by atoms with van der Waals surface area (Å²) >= 11 is 0. The molecule has 1 aliphatic rings. The van der Waals surface area contributed by atoms with E-state index in [-0.39, 0.29) is 29.6 Å². The molecule has 3 heterocycles. The Kier molecular flexibility index (Phi) is 5.44. The van der Waals surface area contributed by atoms with Crippen molar-refractivity contribution in [3.05, 3.63) is 48.7 Å². The average Bonchev–Trinajstić information content (AvgIpc) is 3.28. The molecule has 0 aliphatic carbocycles. The molecule has 3 N–H and O–H groups in total. The monoisotopic (exact) mass is 466 g/mol. The molecule has 11 heteroatoms. The Hall–Kier alpha value is -3.54. The second kappa shape index (κ2) is 8.43. The van der Waals surface area contributed by atoms with Crippen molar-refractivity contribution in [1.82, 2.24) is 24.2 Å². The first-order valence-corrected chi connectivity index (χ1v) is 11.8. The van der Waals surface area contributed by atoms with Crippen molar-refractivity contribution < 1.29 is 17.9 Å². The number of nitrogens with zero attached hydrogens (tertiary/aromatic N) is 4. The van der Waals surface area contributed by atoms with Gasteiger partial charge in [-0.05, 0) is 30.3 Å². The predicted octanol–water partition coefficient (Wildman–Crippen LogP) is 2.30. The van der Waals surface area contributed by atoms with Crippen LogP contribution in [0.3, 0.4) is 0 Å². The van der Waals surface area contributed by atoms with Crippen molar-refractivity contribution in [2.24, 2.45) is 0 Å². The van der Waals surface area contributed by atoms with Gasteiger partial charge in [0.2, 0.25) is 10.0 Å². The Morgan fingerprint density at radius 2 is 1.91 bits per heavy atom. The fourth-order valence-corrected chi connectivity index (χ4v) is 5.33. The molecule has 0 bridgehead atoms. The van der Waals surface area contributed by atoms with Crippen LogP contribution in [0, 0.1) is 0 Å². The van der Waals surface area contributed by atoms with Gasteiger partial charge < -0.3 is 20.2 Å². The molecule has 0 radical (unpaired) electrons. The average molecular weight is 467 g/mol. The van der Waals surface area contributed by atoms with E-state index < -0.39 is 10.0 Å². The number of hydrogen-bond acceptors (Lipinski definition) is 8. The summed E-state index contributed by atoms with van der Waals surface area (Å²) in [5.74, 6) is 0.955. The quantitative estimate of drug-likeness (QED) is 0.457. The summed E-state index contributed by atoms with van der Waals surface area (Å²) in [6.07, 6.45) is 1.51. The van der Waals surface area contributed by atoms with Crippen molar-refractivity contribution >= 4 is 26.9 Å². The highest BCUT2D eigenvalue weighted by Gasteiger charge is 2.30. The lowest BCUT2D eigenvalue weighted by atomic mass is 10.1. The van der Waals surface area contributed by atoms with E-state index in [1.54, 1.807) is 18.2 Å². The van der Waals surface area contributed by atoms with Crippen LogP contribution in [-0.4, -0.2) is 66.1 Å². The third kappa shape index (κ3) is 3.90. The summed E-state index contributed by atoms with van der Waals surface area (Å²) < 4.78 is 38.7. The molecule has 1 saturated heterocycles. The number of benzene rings is 2. The molecule has 0 spiro atoms. The number of aromatic amines is 1. The maximum Gasteiger partial charge on any atom is 0.246 e. The topological polar surface area (TPSA) is 136 Å². The van der Waals surface area contributed by atoms with Gasteiger partial charge in [0.25, 0.3) is 0 Å². The van der Waals surface area contributed by atoms with Gasteiger partial charge in [-0.15, -0.1) is 0 Å². The maximum absolute atomic E-state index is 13.3. The molecule has 170 valence electrons. The zero-order valence-corrected chi connectivity index (χ0v) is 18.7. The molecule has 5 rings (SSSR count). The Morgan fingerprint density at radius 3 is 2.67 bits per heavy atom. The van der Waals surface area contributed by atoms with E-state index in [1.807, 2.05) is 24.3 Å². The van der Waals surface area contributed by atoms with E-state index in [2.05, 4.69) is 19.9 Å². The van der Waals surface area contributed by atoms with Crippen molar-refractivity contribution in [3.8, 4) is 28.5 Å². The smallest absolute Gasteiger partial charge is 0.246 e. The van der Waals surface area contributed by atoms with E-state index in [9.17, 15) is 8.42 Å². The molecule has 33 heavy (non-hydrogen) atoms. The number of imidazole rings is 1. The number of nitrogens with two attached hydrogens (primary N) is 1. The second-order valence-electron chi connectivity index (χ2n) is 7.47. The summed E-state index contributed by atoms with van der Waals surface area (Å²) in [6, 6.07) is 12.5. The van der Waals surface area contributed by atoms with Crippen LogP contribution in [0.15, 0.2) is 53.6 Å². The lowest BCUT2D eigenvalue weighted by molar-refractivity contribution is 0.0729. The van der Waals surface area contributed by atoms with Crippen molar-refractivity contribution in [1.29, 1.82) is 0 Å².